The van der Waals surface area contributed by atoms with Crippen LogP contribution >= 0.6 is 0 Å². The van der Waals surface area contributed by atoms with Gasteiger partial charge in [0, 0.05) is 50.4 Å². The fraction of sp³-hybridized carbons (Fsp3) is 0.298. The molecule has 0 radical (unpaired) electrons. The fourth-order valence-corrected chi connectivity index (χ4v) is 11.3. The van der Waals surface area contributed by atoms with E-state index in [1.807, 2.05) is 0 Å². The Labute approximate surface area is 355 Å². The van der Waals surface area contributed by atoms with Gasteiger partial charge in [0.25, 0.3) is 6.71 Å². The molecule has 0 saturated heterocycles. The van der Waals surface area contributed by atoms with Gasteiger partial charge in [-0.1, -0.05) is 138 Å². The van der Waals surface area contributed by atoms with Crippen LogP contribution in [0.4, 0.5) is 0 Å². The average molecular weight is 779 g/mol. The summed E-state index contributed by atoms with van der Waals surface area (Å²) in [5.74, 6) is 0. The Hall–Kier alpha value is -5.54. The molecule has 0 saturated carbocycles. The second-order valence-electron chi connectivity index (χ2n) is 22.7. The van der Waals surface area contributed by atoms with Gasteiger partial charge in [-0.2, -0.15) is 0 Å². The molecule has 0 amide bonds. The molecule has 0 unspecified atom stereocenters. The van der Waals surface area contributed by atoms with Crippen molar-refractivity contribution >= 4 is 77.5 Å². The molecule has 3 aliphatic rings. The van der Waals surface area contributed by atoms with Gasteiger partial charge >= 0.3 is 0 Å². The minimum atomic E-state index is -0.0268. The van der Waals surface area contributed by atoms with E-state index in [1.54, 1.807) is 0 Å². The fourth-order valence-electron chi connectivity index (χ4n) is 11.3. The van der Waals surface area contributed by atoms with Crippen LogP contribution in [-0.4, -0.2) is 15.8 Å². The summed E-state index contributed by atoms with van der Waals surface area (Å²) in [6.45, 7) is 28.5. The summed E-state index contributed by atoms with van der Waals surface area (Å²) in [4.78, 5) is 0. The highest BCUT2D eigenvalue weighted by Crippen LogP contribution is 2.49. The minimum absolute atomic E-state index is 0.0268. The van der Waals surface area contributed by atoms with Gasteiger partial charge in [-0.15, -0.1) is 0 Å². The first-order valence-electron chi connectivity index (χ1n) is 22.3. The number of rotatable bonds is 0. The minimum Gasteiger partial charge on any atom is -0.310 e. The van der Waals surface area contributed by atoms with Gasteiger partial charge in [0.15, 0.2) is 0 Å². The Kier molecular flexibility index (Phi) is 6.80. The molecule has 0 spiro atoms. The van der Waals surface area contributed by atoms with Crippen LogP contribution in [-0.2, 0) is 28.1 Å². The SMILES string of the molecule is CC(C)(C)c1ccc2c(c1)c1cc(C(C)(C)C)cc3c1n2-c1cc2c(c4c1B3c1cc(C(C)(C)C)cc3c5cc(C(C)(C)C)ccc5n-4c13)Cc1cc3ccccc3cc1-2. The lowest BCUT2D eigenvalue weighted by molar-refractivity contribution is 0.590. The third kappa shape index (κ3) is 4.73. The molecule has 296 valence electrons. The highest BCUT2D eigenvalue weighted by Gasteiger charge is 2.45. The number of nitrogens with zero attached hydrogens (tertiary/aromatic N) is 2. The summed E-state index contributed by atoms with van der Waals surface area (Å²) in [5, 5.41) is 8.11. The van der Waals surface area contributed by atoms with E-state index >= 15 is 0 Å². The van der Waals surface area contributed by atoms with E-state index < -0.39 is 0 Å². The first kappa shape index (κ1) is 36.3. The molecule has 2 aromatic heterocycles. The van der Waals surface area contributed by atoms with Crippen LogP contribution in [0, 0.1) is 0 Å². The Bertz CT molecular complexity index is 3430. The van der Waals surface area contributed by atoms with E-state index in [0.717, 1.165) is 6.42 Å². The second kappa shape index (κ2) is 11.2. The topological polar surface area (TPSA) is 9.86 Å². The van der Waals surface area contributed by atoms with E-state index in [9.17, 15) is 0 Å². The van der Waals surface area contributed by atoms with Gasteiger partial charge in [0.1, 0.15) is 0 Å². The highest BCUT2D eigenvalue weighted by atomic mass is 15.0. The van der Waals surface area contributed by atoms with Crippen LogP contribution in [0.3, 0.4) is 0 Å². The van der Waals surface area contributed by atoms with Crippen molar-refractivity contribution in [3.05, 3.63) is 137 Å². The summed E-state index contributed by atoms with van der Waals surface area (Å²) in [6.07, 6.45) is 0.924. The zero-order chi connectivity index (χ0) is 41.7. The first-order valence-corrected chi connectivity index (χ1v) is 22.3. The van der Waals surface area contributed by atoms with E-state index in [2.05, 4.69) is 195 Å². The maximum atomic E-state index is 2.73. The zero-order valence-corrected chi connectivity index (χ0v) is 37.5. The normalized spacial score (nSPS) is 14.6. The van der Waals surface area contributed by atoms with Gasteiger partial charge in [-0.25, -0.2) is 0 Å². The largest absolute Gasteiger partial charge is 0.310 e. The molecule has 60 heavy (non-hydrogen) atoms. The van der Waals surface area contributed by atoms with Crippen LogP contribution in [0.5, 0.6) is 0 Å². The lowest BCUT2D eigenvalue weighted by Gasteiger charge is -2.36. The van der Waals surface area contributed by atoms with Gasteiger partial charge < -0.3 is 9.13 Å². The molecule has 0 bridgehead atoms. The van der Waals surface area contributed by atoms with E-state index in [-0.39, 0.29) is 28.4 Å². The van der Waals surface area contributed by atoms with E-state index in [4.69, 9.17) is 0 Å². The van der Waals surface area contributed by atoms with Gasteiger partial charge in [-0.3, -0.25) is 0 Å². The predicted octanol–water partition coefficient (Wildman–Crippen LogP) is 12.9. The van der Waals surface area contributed by atoms with Crippen molar-refractivity contribution in [1.82, 2.24) is 9.13 Å². The van der Waals surface area contributed by atoms with Crippen LogP contribution in [0.15, 0.2) is 103 Å². The summed E-state index contributed by atoms with van der Waals surface area (Å²) >= 11 is 0. The molecular weight excluding hydrogens is 723 g/mol. The van der Waals surface area contributed by atoms with Crippen molar-refractivity contribution in [2.24, 2.45) is 0 Å². The van der Waals surface area contributed by atoms with Crippen LogP contribution in [0.1, 0.15) is 116 Å². The average Bonchev–Trinajstić information content (AvgIpc) is 3.82. The Morgan fingerprint density at radius 3 is 1.47 bits per heavy atom. The lowest BCUT2D eigenvalue weighted by atomic mass is 9.33. The van der Waals surface area contributed by atoms with E-state index in [1.165, 1.54) is 127 Å². The first-order chi connectivity index (χ1) is 28.3. The molecular formula is C57H55BN2. The lowest BCUT2D eigenvalue weighted by Crippen LogP contribution is -2.60. The summed E-state index contributed by atoms with van der Waals surface area (Å²) in [5.41, 5.74) is 23.7. The summed E-state index contributed by atoms with van der Waals surface area (Å²) in [7, 11) is 0. The molecule has 0 fully saturated rings. The Morgan fingerprint density at radius 2 is 0.933 bits per heavy atom. The number of benzene rings is 7. The van der Waals surface area contributed by atoms with Crippen LogP contribution in [0.2, 0.25) is 0 Å². The molecule has 3 heteroatoms. The number of aromatic nitrogens is 2. The quantitative estimate of drug-likeness (QED) is 0.136. The number of hydrogen-bond acceptors (Lipinski definition) is 0. The molecule has 2 nitrogen and oxygen atoms in total. The van der Waals surface area contributed by atoms with Crippen molar-refractivity contribution in [3.8, 4) is 22.5 Å². The molecule has 0 atom stereocenters. The molecule has 4 heterocycles. The maximum absolute atomic E-state index is 2.73. The van der Waals surface area contributed by atoms with Crippen molar-refractivity contribution < 1.29 is 0 Å². The van der Waals surface area contributed by atoms with Crippen LogP contribution < -0.4 is 16.4 Å². The third-order valence-corrected chi connectivity index (χ3v) is 14.7. The van der Waals surface area contributed by atoms with E-state index in [0.29, 0.717) is 0 Å². The van der Waals surface area contributed by atoms with Crippen molar-refractivity contribution in [2.45, 2.75) is 111 Å². The van der Waals surface area contributed by atoms with Gasteiger partial charge in [0.2, 0.25) is 0 Å². The molecule has 0 N–H and O–H groups in total. The van der Waals surface area contributed by atoms with Gasteiger partial charge in [0.05, 0.1) is 11.0 Å². The van der Waals surface area contributed by atoms with Crippen molar-refractivity contribution in [2.75, 3.05) is 0 Å². The molecule has 2 aliphatic heterocycles. The highest BCUT2D eigenvalue weighted by molar-refractivity contribution is 7.00. The molecule has 9 aromatic rings. The third-order valence-electron chi connectivity index (χ3n) is 14.7. The van der Waals surface area contributed by atoms with Gasteiger partial charge in [-0.05, 0) is 142 Å². The zero-order valence-electron chi connectivity index (χ0n) is 37.5. The maximum Gasteiger partial charge on any atom is 0.252 e. The smallest absolute Gasteiger partial charge is 0.252 e. The Morgan fingerprint density at radius 1 is 0.450 bits per heavy atom. The molecule has 7 aromatic carbocycles. The summed E-state index contributed by atoms with van der Waals surface area (Å²) in [6, 6.07) is 41.5. The number of fused-ring (bicyclic) bond motifs is 15. The second-order valence-corrected chi connectivity index (χ2v) is 22.7. The predicted molar refractivity (Wildman–Crippen MR) is 260 cm³/mol. The van der Waals surface area contributed by atoms with Crippen molar-refractivity contribution in [3.63, 3.8) is 0 Å². The summed E-state index contributed by atoms with van der Waals surface area (Å²) < 4.78 is 5.42. The van der Waals surface area contributed by atoms with Crippen molar-refractivity contribution in [1.29, 1.82) is 0 Å². The standard InChI is InChI=1S/C57H55BN2/c1-54(2,3)34-17-19-47-40(24-34)43-26-36(56(7,8)9)28-45-51(43)59(47)49-30-39-38-22-32-16-14-13-15-31(32)21-33(38)23-42(39)53-50(49)58(45)46-29-37(57(10,11)12)27-44-41-25-35(55(4,5)6)18-20-48(41)60(53)52(44)46/h13-22,24-30H,23H2,1-12H3. The molecule has 1 aliphatic carbocycles. The molecule has 12 rings (SSSR count). The van der Waals surface area contributed by atoms with Crippen LogP contribution in [0.25, 0.3) is 76.9 Å². The monoisotopic (exact) mass is 778 g/mol. The Balaban J connectivity index is 1.32. The number of hydrogen-bond donors (Lipinski definition) is 0.